The van der Waals surface area contributed by atoms with Crippen molar-refractivity contribution >= 4 is 23.5 Å². The largest absolute Gasteiger partial charge is 0.467 e. The van der Waals surface area contributed by atoms with Crippen LogP contribution in [0, 0.1) is 5.92 Å². The van der Waals surface area contributed by atoms with Gasteiger partial charge in [-0.25, -0.2) is 4.79 Å². The zero-order valence-electron chi connectivity index (χ0n) is 13.3. The summed E-state index contributed by atoms with van der Waals surface area (Å²) in [5.74, 6) is -1.03. The van der Waals surface area contributed by atoms with Crippen LogP contribution in [0.3, 0.4) is 0 Å². The Labute approximate surface area is 130 Å². The van der Waals surface area contributed by atoms with Crippen LogP contribution in [0.25, 0.3) is 0 Å². The van der Waals surface area contributed by atoms with E-state index in [-0.39, 0.29) is 17.7 Å². The molecule has 2 amide bonds. The van der Waals surface area contributed by atoms with E-state index in [1.165, 1.54) is 14.0 Å². The van der Waals surface area contributed by atoms with Crippen molar-refractivity contribution in [2.24, 2.45) is 5.92 Å². The first-order valence-electron chi connectivity index (χ1n) is 7.15. The van der Waals surface area contributed by atoms with E-state index in [1.54, 1.807) is 24.3 Å². The standard InChI is InChI=1S/C16H22N2O4/c1-5-10(2)14(16(21)22-4)18-15(20)12-6-8-13(9-7-12)17-11(3)19/h6-10,14H,5H2,1-4H3,(H,17,19)(H,18,20)/t10-,14+/m1/s1. The number of ether oxygens (including phenoxy) is 1. The van der Waals surface area contributed by atoms with Crippen LogP contribution in [0.15, 0.2) is 24.3 Å². The van der Waals surface area contributed by atoms with E-state index in [9.17, 15) is 14.4 Å². The summed E-state index contributed by atoms with van der Waals surface area (Å²) in [5, 5.41) is 5.32. The number of hydrogen-bond acceptors (Lipinski definition) is 4. The summed E-state index contributed by atoms with van der Waals surface area (Å²) in [6.07, 6.45) is 0.738. The molecule has 2 atom stereocenters. The van der Waals surface area contributed by atoms with Crippen LogP contribution in [0.1, 0.15) is 37.6 Å². The summed E-state index contributed by atoms with van der Waals surface area (Å²) in [6.45, 7) is 5.23. The Morgan fingerprint density at radius 3 is 2.23 bits per heavy atom. The molecule has 6 heteroatoms. The lowest BCUT2D eigenvalue weighted by Gasteiger charge is -2.21. The van der Waals surface area contributed by atoms with Crippen molar-refractivity contribution in [3.63, 3.8) is 0 Å². The molecule has 120 valence electrons. The van der Waals surface area contributed by atoms with Gasteiger partial charge in [0.25, 0.3) is 5.91 Å². The van der Waals surface area contributed by atoms with E-state index in [0.29, 0.717) is 11.3 Å². The van der Waals surface area contributed by atoms with Crippen LogP contribution in [-0.2, 0) is 14.3 Å². The minimum atomic E-state index is -0.683. The van der Waals surface area contributed by atoms with E-state index in [0.717, 1.165) is 6.42 Å². The highest BCUT2D eigenvalue weighted by molar-refractivity contribution is 5.97. The lowest BCUT2D eigenvalue weighted by Crippen LogP contribution is -2.45. The number of carbonyl (C=O) groups is 3. The molecule has 0 radical (unpaired) electrons. The first-order valence-corrected chi connectivity index (χ1v) is 7.15. The van der Waals surface area contributed by atoms with Gasteiger partial charge in [-0.1, -0.05) is 20.3 Å². The van der Waals surface area contributed by atoms with Crippen molar-refractivity contribution in [2.45, 2.75) is 33.2 Å². The van der Waals surface area contributed by atoms with Crippen molar-refractivity contribution in [2.75, 3.05) is 12.4 Å². The molecule has 0 spiro atoms. The molecule has 1 aromatic rings. The van der Waals surface area contributed by atoms with Gasteiger partial charge in [-0.3, -0.25) is 9.59 Å². The highest BCUT2D eigenvalue weighted by atomic mass is 16.5. The highest BCUT2D eigenvalue weighted by Crippen LogP contribution is 2.13. The summed E-state index contributed by atoms with van der Waals surface area (Å²) in [7, 11) is 1.30. The Kier molecular flexibility index (Phi) is 6.56. The van der Waals surface area contributed by atoms with E-state index in [4.69, 9.17) is 4.74 Å². The maximum Gasteiger partial charge on any atom is 0.328 e. The van der Waals surface area contributed by atoms with E-state index in [1.807, 2.05) is 13.8 Å². The number of benzene rings is 1. The van der Waals surface area contributed by atoms with Crippen LogP contribution < -0.4 is 10.6 Å². The lowest BCUT2D eigenvalue weighted by atomic mass is 9.99. The number of amides is 2. The minimum absolute atomic E-state index is 0.0324. The van der Waals surface area contributed by atoms with Crippen molar-refractivity contribution < 1.29 is 19.1 Å². The first kappa shape index (κ1) is 17.7. The summed E-state index contributed by atoms with van der Waals surface area (Å²) < 4.78 is 4.73. The van der Waals surface area contributed by atoms with Gasteiger partial charge in [0.2, 0.25) is 5.91 Å². The predicted molar refractivity (Wildman–Crippen MR) is 83.5 cm³/mol. The van der Waals surface area contributed by atoms with Gasteiger partial charge in [0, 0.05) is 18.2 Å². The number of esters is 1. The zero-order chi connectivity index (χ0) is 16.7. The first-order chi connectivity index (χ1) is 10.4. The van der Waals surface area contributed by atoms with Gasteiger partial charge in [0.15, 0.2) is 0 Å². The van der Waals surface area contributed by atoms with Crippen LogP contribution >= 0.6 is 0 Å². The van der Waals surface area contributed by atoms with Gasteiger partial charge in [-0.15, -0.1) is 0 Å². The predicted octanol–water partition coefficient (Wildman–Crippen LogP) is 1.96. The third-order valence-electron chi connectivity index (χ3n) is 3.42. The second-order valence-electron chi connectivity index (χ2n) is 5.12. The van der Waals surface area contributed by atoms with Crippen LogP contribution in [-0.4, -0.2) is 30.9 Å². The van der Waals surface area contributed by atoms with Crippen LogP contribution in [0.2, 0.25) is 0 Å². The van der Waals surface area contributed by atoms with Gasteiger partial charge in [0.05, 0.1) is 7.11 Å². The molecule has 6 nitrogen and oxygen atoms in total. The molecule has 0 unspecified atom stereocenters. The van der Waals surface area contributed by atoms with Crippen molar-refractivity contribution in [3.05, 3.63) is 29.8 Å². The fourth-order valence-electron chi connectivity index (χ4n) is 1.93. The van der Waals surface area contributed by atoms with Gasteiger partial charge < -0.3 is 15.4 Å². The summed E-state index contributed by atoms with van der Waals surface area (Å²) in [4.78, 5) is 34.9. The fraction of sp³-hybridized carbons (Fsp3) is 0.438. The number of carbonyl (C=O) groups excluding carboxylic acids is 3. The molecule has 0 saturated heterocycles. The molecule has 22 heavy (non-hydrogen) atoms. The van der Waals surface area contributed by atoms with Crippen molar-refractivity contribution in [1.82, 2.24) is 5.32 Å². The van der Waals surface area contributed by atoms with E-state index < -0.39 is 12.0 Å². The molecule has 1 aromatic carbocycles. The minimum Gasteiger partial charge on any atom is -0.467 e. The average Bonchev–Trinajstić information content (AvgIpc) is 2.51. The van der Waals surface area contributed by atoms with Gasteiger partial charge >= 0.3 is 5.97 Å². The maximum atomic E-state index is 12.2. The van der Waals surface area contributed by atoms with Gasteiger partial charge in [-0.05, 0) is 30.2 Å². The molecule has 0 aliphatic rings. The number of hydrogen-bond donors (Lipinski definition) is 2. The Bertz CT molecular complexity index is 540. The zero-order valence-corrected chi connectivity index (χ0v) is 13.3. The average molecular weight is 306 g/mol. The molecule has 0 aromatic heterocycles. The Balaban J connectivity index is 2.81. The number of anilines is 1. The third kappa shape index (κ3) is 4.87. The summed E-state index contributed by atoms with van der Waals surface area (Å²) >= 11 is 0. The lowest BCUT2D eigenvalue weighted by molar-refractivity contribution is -0.144. The molecule has 0 fully saturated rings. The highest BCUT2D eigenvalue weighted by Gasteiger charge is 2.26. The summed E-state index contributed by atoms with van der Waals surface area (Å²) in [6, 6.07) is 5.76. The molecule has 2 N–H and O–H groups in total. The molecule has 0 aliphatic carbocycles. The Morgan fingerprint density at radius 1 is 1.18 bits per heavy atom. The van der Waals surface area contributed by atoms with Gasteiger partial charge in [0.1, 0.15) is 6.04 Å². The molecule has 0 bridgehead atoms. The van der Waals surface area contributed by atoms with Crippen LogP contribution in [0.4, 0.5) is 5.69 Å². The number of nitrogens with one attached hydrogen (secondary N) is 2. The quantitative estimate of drug-likeness (QED) is 0.787. The van der Waals surface area contributed by atoms with E-state index >= 15 is 0 Å². The third-order valence-corrected chi connectivity index (χ3v) is 3.42. The molecule has 0 heterocycles. The summed E-state index contributed by atoms with van der Waals surface area (Å²) in [5.41, 5.74) is 1.02. The SMILES string of the molecule is CC[C@@H](C)[C@H](NC(=O)c1ccc(NC(C)=O)cc1)C(=O)OC. The van der Waals surface area contributed by atoms with Crippen molar-refractivity contribution in [1.29, 1.82) is 0 Å². The number of rotatable bonds is 6. The topological polar surface area (TPSA) is 84.5 Å². The van der Waals surface area contributed by atoms with Crippen molar-refractivity contribution in [3.8, 4) is 0 Å². The van der Waals surface area contributed by atoms with Crippen LogP contribution in [0.5, 0.6) is 0 Å². The fourth-order valence-corrected chi connectivity index (χ4v) is 1.93. The van der Waals surface area contributed by atoms with E-state index in [2.05, 4.69) is 10.6 Å². The molecule has 1 rings (SSSR count). The molecule has 0 saturated carbocycles. The Morgan fingerprint density at radius 2 is 1.77 bits per heavy atom. The maximum absolute atomic E-state index is 12.2. The Hall–Kier alpha value is -2.37. The molecular formula is C16H22N2O4. The second-order valence-corrected chi connectivity index (χ2v) is 5.12. The molecular weight excluding hydrogens is 284 g/mol. The smallest absolute Gasteiger partial charge is 0.328 e. The number of methoxy groups -OCH3 is 1. The molecule has 0 aliphatic heterocycles. The normalized spacial score (nSPS) is 12.9. The van der Waals surface area contributed by atoms with Gasteiger partial charge in [-0.2, -0.15) is 0 Å². The monoisotopic (exact) mass is 306 g/mol. The second kappa shape index (κ2) is 8.17.